The van der Waals surface area contributed by atoms with Gasteiger partial charge in [-0.3, -0.25) is 14.9 Å². The molecule has 0 saturated heterocycles. The molecule has 0 spiro atoms. The van der Waals surface area contributed by atoms with E-state index < -0.39 is 11.6 Å². The number of carbonyl (C=O) groups is 2. The molecule has 0 rings (SSSR count). The van der Waals surface area contributed by atoms with E-state index in [0.717, 1.165) is 0 Å². The summed E-state index contributed by atoms with van der Waals surface area (Å²) in [5, 5.41) is 13.0. The summed E-state index contributed by atoms with van der Waals surface area (Å²) in [5.74, 6) is -0.885. The summed E-state index contributed by atoms with van der Waals surface area (Å²) in [4.78, 5) is 24.4. The SMILES string of the molecule is CO/N=C(\C#N)C(=O)NC=O. The number of carbonyl (C=O) groups excluding carboxylic acids is 2. The largest absolute Gasteiger partial charge is 0.398 e. The van der Waals surface area contributed by atoms with Crippen LogP contribution in [0, 0.1) is 11.3 Å². The molecule has 1 N–H and O–H groups in total. The number of hydrogen-bond donors (Lipinski definition) is 1. The van der Waals surface area contributed by atoms with Crippen LogP contribution >= 0.6 is 0 Å². The number of nitrogens with one attached hydrogen (secondary N) is 1. The minimum absolute atomic E-state index is 0.158. The molecule has 6 heteroatoms. The minimum atomic E-state index is -0.885. The predicted octanol–water partition coefficient (Wildman–Crippen LogP) is -1.22. The molecule has 0 bridgehead atoms. The highest BCUT2D eigenvalue weighted by Crippen LogP contribution is 1.77. The monoisotopic (exact) mass is 155 g/mol. The molecule has 0 aliphatic heterocycles. The molecule has 0 saturated carbocycles. The molecule has 0 fully saturated rings. The second-order valence-electron chi connectivity index (χ2n) is 1.33. The molecule has 58 valence electrons. The highest BCUT2D eigenvalue weighted by molar-refractivity contribution is 6.46. The van der Waals surface area contributed by atoms with Crippen LogP contribution in [0.1, 0.15) is 0 Å². The Kier molecular flexibility index (Phi) is 4.08. The highest BCUT2D eigenvalue weighted by Gasteiger charge is 2.09. The number of hydrogen-bond acceptors (Lipinski definition) is 5. The number of imide groups is 1. The van der Waals surface area contributed by atoms with E-state index in [-0.39, 0.29) is 6.41 Å². The third kappa shape index (κ3) is 2.95. The number of rotatable bonds is 3. The summed E-state index contributed by atoms with van der Waals surface area (Å²) in [5.41, 5.74) is -0.500. The molecule has 0 atom stereocenters. The number of amides is 2. The average molecular weight is 155 g/mol. The first kappa shape index (κ1) is 9.10. The van der Waals surface area contributed by atoms with Gasteiger partial charge in [0.25, 0.3) is 5.91 Å². The summed E-state index contributed by atoms with van der Waals surface area (Å²) in [6, 6.07) is 1.44. The molecular formula is C5H5N3O3. The molecule has 0 aliphatic rings. The summed E-state index contributed by atoms with van der Waals surface area (Å²) < 4.78 is 0. The Labute approximate surface area is 62.4 Å². The van der Waals surface area contributed by atoms with Crippen LogP contribution in [0.2, 0.25) is 0 Å². The first-order chi connectivity index (χ1) is 5.26. The van der Waals surface area contributed by atoms with Gasteiger partial charge < -0.3 is 4.84 Å². The van der Waals surface area contributed by atoms with E-state index in [0.29, 0.717) is 0 Å². The second-order valence-corrected chi connectivity index (χ2v) is 1.33. The fourth-order valence-corrected chi connectivity index (χ4v) is 0.326. The van der Waals surface area contributed by atoms with E-state index in [4.69, 9.17) is 5.26 Å². The van der Waals surface area contributed by atoms with Gasteiger partial charge in [-0.05, 0) is 0 Å². The lowest BCUT2D eigenvalue weighted by Crippen LogP contribution is -2.28. The first-order valence-corrected chi connectivity index (χ1v) is 2.52. The van der Waals surface area contributed by atoms with Crippen LogP contribution in [0.25, 0.3) is 0 Å². The van der Waals surface area contributed by atoms with Gasteiger partial charge in [0.15, 0.2) is 0 Å². The van der Waals surface area contributed by atoms with E-state index >= 15 is 0 Å². The zero-order chi connectivity index (χ0) is 8.69. The molecule has 2 amide bonds. The lowest BCUT2D eigenvalue weighted by atomic mass is 10.4. The van der Waals surface area contributed by atoms with Crippen molar-refractivity contribution in [3.63, 3.8) is 0 Å². The van der Waals surface area contributed by atoms with Crippen LogP contribution in [-0.2, 0) is 14.4 Å². The maximum atomic E-state index is 10.6. The third-order valence-corrected chi connectivity index (χ3v) is 0.694. The van der Waals surface area contributed by atoms with E-state index in [2.05, 4.69) is 9.99 Å². The minimum Gasteiger partial charge on any atom is -0.398 e. The van der Waals surface area contributed by atoms with Crippen LogP contribution in [0.3, 0.4) is 0 Å². The fraction of sp³-hybridized carbons (Fsp3) is 0.200. The van der Waals surface area contributed by atoms with Gasteiger partial charge in [0.2, 0.25) is 12.1 Å². The van der Waals surface area contributed by atoms with Gasteiger partial charge in [-0.25, -0.2) is 0 Å². The fourth-order valence-electron chi connectivity index (χ4n) is 0.326. The van der Waals surface area contributed by atoms with Crippen molar-refractivity contribution in [3.8, 4) is 6.07 Å². The van der Waals surface area contributed by atoms with E-state index in [1.807, 2.05) is 0 Å². The van der Waals surface area contributed by atoms with Crippen molar-refractivity contribution in [1.82, 2.24) is 5.32 Å². The van der Waals surface area contributed by atoms with Crippen molar-refractivity contribution in [2.45, 2.75) is 0 Å². The quantitative estimate of drug-likeness (QED) is 0.314. The molecule has 0 heterocycles. The molecule has 11 heavy (non-hydrogen) atoms. The lowest BCUT2D eigenvalue weighted by molar-refractivity contribution is -0.120. The number of nitriles is 1. The maximum absolute atomic E-state index is 10.6. The van der Waals surface area contributed by atoms with E-state index in [1.54, 1.807) is 5.32 Å². The molecule has 6 nitrogen and oxygen atoms in total. The smallest absolute Gasteiger partial charge is 0.290 e. The van der Waals surface area contributed by atoms with Crippen molar-refractivity contribution in [2.24, 2.45) is 5.16 Å². The molecule has 0 aliphatic carbocycles. The summed E-state index contributed by atoms with van der Waals surface area (Å²) in [7, 11) is 1.19. The van der Waals surface area contributed by atoms with Gasteiger partial charge in [0.1, 0.15) is 13.2 Å². The first-order valence-electron chi connectivity index (χ1n) is 2.52. The maximum Gasteiger partial charge on any atom is 0.290 e. The van der Waals surface area contributed by atoms with Gasteiger partial charge >= 0.3 is 0 Å². The van der Waals surface area contributed by atoms with Crippen molar-refractivity contribution >= 4 is 18.0 Å². The zero-order valence-corrected chi connectivity index (χ0v) is 5.70. The van der Waals surface area contributed by atoms with Crippen LogP contribution in [0.15, 0.2) is 5.16 Å². The summed E-state index contributed by atoms with van der Waals surface area (Å²) >= 11 is 0. The highest BCUT2D eigenvalue weighted by atomic mass is 16.6. The molecular weight excluding hydrogens is 150 g/mol. The van der Waals surface area contributed by atoms with Gasteiger partial charge in [0.05, 0.1) is 0 Å². The molecule has 0 aromatic carbocycles. The Morgan fingerprint density at radius 1 is 1.82 bits per heavy atom. The second kappa shape index (κ2) is 4.93. The topological polar surface area (TPSA) is 91.5 Å². The molecule has 0 radical (unpaired) electrons. The van der Waals surface area contributed by atoms with Gasteiger partial charge in [-0.1, -0.05) is 5.16 Å². The zero-order valence-electron chi connectivity index (χ0n) is 5.70. The molecule has 0 aromatic heterocycles. The molecule has 0 aromatic rings. The van der Waals surface area contributed by atoms with Crippen molar-refractivity contribution in [3.05, 3.63) is 0 Å². The van der Waals surface area contributed by atoms with Gasteiger partial charge in [0, 0.05) is 0 Å². The normalized spacial score (nSPS) is 9.64. The van der Waals surface area contributed by atoms with Crippen molar-refractivity contribution < 1.29 is 14.4 Å². The summed E-state index contributed by atoms with van der Waals surface area (Å²) in [6.07, 6.45) is 0.158. The number of oxime groups is 1. The third-order valence-electron chi connectivity index (χ3n) is 0.694. The Morgan fingerprint density at radius 3 is 2.82 bits per heavy atom. The van der Waals surface area contributed by atoms with Crippen molar-refractivity contribution in [2.75, 3.05) is 7.11 Å². The van der Waals surface area contributed by atoms with Crippen LogP contribution in [0.5, 0.6) is 0 Å². The Hall–Kier alpha value is -1.90. The molecule has 0 unspecified atom stereocenters. The van der Waals surface area contributed by atoms with Gasteiger partial charge in [-0.2, -0.15) is 5.26 Å². The average Bonchev–Trinajstić information content (AvgIpc) is 2.00. The summed E-state index contributed by atoms with van der Waals surface area (Å²) in [6.45, 7) is 0. The van der Waals surface area contributed by atoms with Gasteiger partial charge in [-0.15, -0.1) is 0 Å². The van der Waals surface area contributed by atoms with Crippen LogP contribution < -0.4 is 5.32 Å². The number of nitrogens with zero attached hydrogens (tertiary/aromatic N) is 2. The Balaban J connectivity index is 4.29. The van der Waals surface area contributed by atoms with Crippen molar-refractivity contribution in [1.29, 1.82) is 5.26 Å². The van der Waals surface area contributed by atoms with E-state index in [9.17, 15) is 9.59 Å². The van der Waals surface area contributed by atoms with E-state index in [1.165, 1.54) is 13.2 Å². The Bertz CT molecular complexity index is 228. The lowest BCUT2D eigenvalue weighted by Gasteiger charge is -1.91. The van der Waals surface area contributed by atoms with Crippen LogP contribution in [-0.4, -0.2) is 25.1 Å². The Morgan fingerprint density at radius 2 is 2.45 bits per heavy atom. The standard InChI is InChI=1S/C5H5N3O3/c1-11-8-4(2-6)5(10)7-3-9/h3H,1H3,(H,7,9,10)/b8-4+. The van der Waals surface area contributed by atoms with Crippen LogP contribution in [0.4, 0.5) is 0 Å². The predicted molar refractivity (Wildman–Crippen MR) is 34.3 cm³/mol.